The monoisotopic (exact) mass is 300 g/mol. The molecule has 0 aliphatic heterocycles. The largest absolute Gasteiger partial charge is 0.466 e. The SMILES string of the molecule is Brc1ccccc1.CCCOC(=O)CC(C)C. The van der Waals surface area contributed by atoms with E-state index >= 15 is 0 Å². The lowest BCUT2D eigenvalue weighted by Crippen LogP contribution is -2.07. The zero-order chi connectivity index (χ0) is 13.1. The van der Waals surface area contributed by atoms with Gasteiger partial charge in [0.25, 0.3) is 0 Å². The molecule has 2 nitrogen and oxygen atoms in total. The van der Waals surface area contributed by atoms with Crippen molar-refractivity contribution in [1.29, 1.82) is 0 Å². The second-order valence-electron chi connectivity index (χ2n) is 4.11. The molecule has 0 fully saturated rings. The Balaban J connectivity index is 0.000000318. The molecular formula is C14H21BrO2. The number of benzene rings is 1. The molecule has 0 bridgehead atoms. The second kappa shape index (κ2) is 10.3. The van der Waals surface area contributed by atoms with E-state index in [0.717, 1.165) is 10.9 Å². The first kappa shape index (κ1) is 16.2. The Bertz CT molecular complexity index is 296. The van der Waals surface area contributed by atoms with Crippen LogP contribution in [-0.2, 0) is 9.53 Å². The molecule has 0 aromatic heterocycles. The van der Waals surface area contributed by atoms with E-state index in [1.807, 2.05) is 51.1 Å². The number of hydrogen-bond donors (Lipinski definition) is 0. The third-order valence-corrected chi connectivity index (χ3v) is 2.30. The van der Waals surface area contributed by atoms with Crippen LogP contribution in [0.3, 0.4) is 0 Å². The fourth-order valence-corrected chi connectivity index (χ4v) is 1.33. The lowest BCUT2D eigenvalue weighted by Gasteiger charge is -2.03. The number of esters is 1. The first-order valence-corrected chi connectivity index (χ1v) is 6.71. The standard InChI is InChI=1S/C8H16O2.C6H5Br/c1-4-5-10-8(9)6-7(2)3;7-6-4-2-1-3-5-6/h7H,4-6H2,1-3H3;1-5H. The van der Waals surface area contributed by atoms with E-state index in [9.17, 15) is 4.79 Å². The summed E-state index contributed by atoms with van der Waals surface area (Å²) >= 11 is 3.31. The van der Waals surface area contributed by atoms with E-state index in [-0.39, 0.29) is 5.97 Å². The van der Waals surface area contributed by atoms with Gasteiger partial charge < -0.3 is 4.74 Å². The molecule has 0 aliphatic carbocycles. The molecule has 0 atom stereocenters. The molecule has 1 aromatic carbocycles. The number of carbonyl (C=O) groups is 1. The molecule has 0 N–H and O–H groups in total. The lowest BCUT2D eigenvalue weighted by atomic mass is 10.1. The number of halogens is 1. The highest BCUT2D eigenvalue weighted by Crippen LogP contribution is 2.05. The fraction of sp³-hybridized carbons (Fsp3) is 0.500. The van der Waals surface area contributed by atoms with Gasteiger partial charge in [0, 0.05) is 10.9 Å². The van der Waals surface area contributed by atoms with Crippen molar-refractivity contribution in [3.63, 3.8) is 0 Å². The van der Waals surface area contributed by atoms with Crippen LogP contribution in [0.15, 0.2) is 34.8 Å². The van der Waals surface area contributed by atoms with Crippen LogP contribution in [0.2, 0.25) is 0 Å². The third-order valence-electron chi connectivity index (χ3n) is 1.78. The molecule has 0 radical (unpaired) electrons. The normalized spacial score (nSPS) is 9.47. The van der Waals surface area contributed by atoms with Gasteiger partial charge in [-0.3, -0.25) is 4.79 Å². The minimum absolute atomic E-state index is 0.0724. The molecule has 17 heavy (non-hydrogen) atoms. The van der Waals surface area contributed by atoms with E-state index in [1.165, 1.54) is 0 Å². The Labute approximate surface area is 112 Å². The minimum Gasteiger partial charge on any atom is -0.466 e. The molecule has 1 rings (SSSR count). The van der Waals surface area contributed by atoms with E-state index < -0.39 is 0 Å². The van der Waals surface area contributed by atoms with Gasteiger partial charge in [-0.1, -0.05) is 54.9 Å². The summed E-state index contributed by atoms with van der Waals surface area (Å²) in [7, 11) is 0. The van der Waals surface area contributed by atoms with Crippen molar-refractivity contribution in [2.45, 2.75) is 33.6 Å². The highest BCUT2D eigenvalue weighted by atomic mass is 79.9. The predicted molar refractivity (Wildman–Crippen MR) is 74.8 cm³/mol. The summed E-state index contributed by atoms with van der Waals surface area (Å²) in [6, 6.07) is 9.97. The van der Waals surface area contributed by atoms with Gasteiger partial charge in [0.05, 0.1) is 6.61 Å². The summed E-state index contributed by atoms with van der Waals surface area (Å²) in [6.45, 7) is 6.56. The molecule has 0 heterocycles. The molecular weight excluding hydrogens is 280 g/mol. The average molecular weight is 301 g/mol. The van der Waals surface area contributed by atoms with Crippen molar-refractivity contribution in [3.05, 3.63) is 34.8 Å². The maximum absolute atomic E-state index is 10.8. The molecule has 0 unspecified atom stereocenters. The molecule has 0 aliphatic rings. The molecule has 0 amide bonds. The average Bonchev–Trinajstić information content (AvgIpc) is 2.27. The van der Waals surface area contributed by atoms with Gasteiger partial charge in [0.15, 0.2) is 0 Å². The van der Waals surface area contributed by atoms with Crippen molar-refractivity contribution < 1.29 is 9.53 Å². The number of ether oxygens (including phenoxy) is 1. The number of hydrogen-bond acceptors (Lipinski definition) is 2. The highest BCUT2D eigenvalue weighted by Gasteiger charge is 2.03. The highest BCUT2D eigenvalue weighted by molar-refractivity contribution is 9.10. The van der Waals surface area contributed by atoms with Crippen LogP contribution in [0.5, 0.6) is 0 Å². The molecule has 0 saturated heterocycles. The molecule has 3 heteroatoms. The maximum atomic E-state index is 10.8. The van der Waals surface area contributed by atoms with Gasteiger partial charge in [-0.25, -0.2) is 0 Å². The Morgan fingerprint density at radius 1 is 1.29 bits per heavy atom. The molecule has 1 aromatic rings. The van der Waals surface area contributed by atoms with E-state index in [1.54, 1.807) is 0 Å². The van der Waals surface area contributed by atoms with Crippen LogP contribution < -0.4 is 0 Å². The lowest BCUT2D eigenvalue weighted by molar-refractivity contribution is -0.144. The van der Waals surface area contributed by atoms with E-state index in [0.29, 0.717) is 18.9 Å². The van der Waals surface area contributed by atoms with Crippen LogP contribution in [0.4, 0.5) is 0 Å². The molecule has 96 valence electrons. The van der Waals surface area contributed by atoms with Crippen molar-refractivity contribution in [1.82, 2.24) is 0 Å². The van der Waals surface area contributed by atoms with E-state index in [2.05, 4.69) is 15.9 Å². The van der Waals surface area contributed by atoms with Crippen LogP contribution in [0, 0.1) is 5.92 Å². The van der Waals surface area contributed by atoms with Gasteiger partial charge in [0.1, 0.15) is 0 Å². The summed E-state index contributed by atoms with van der Waals surface area (Å²) in [5, 5.41) is 0. The first-order valence-electron chi connectivity index (χ1n) is 5.92. The molecule has 0 spiro atoms. The van der Waals surface area contributed by atoms with Crippen molar-refractivity contribution in [2.24, 2.45) is 5.92 Å². The third kappa shape index (κ3) is 11.4. The van der Waals surface area contributed by atoms with Crippen LogP contribution in [-0.4, -0.2) is 12.6 Å². The zero-order valence-electron chi connectivity index (χ0n) is 10.8. The Hall–Kier alpha value is -0.830. The Morgan fingerprint density at radius 2 is 1.88 bits per heavy atom. The van der Waals surface area contributed by atoms with E-state index in [4.69, 9.17) is 4.74 Å². The Morgan fingerprint density at radius 3 is 2.24 bits per heavy atom. The number of rotatable bonds is 4. The summed E-state index contributed by atoms with van der Waals surface area (Å²) < 4.78 is 6.00. The van der Waals surface area contributed by atoms with Gasteiger partial charge in [-0.2, -0.15) is 0 Å². The second-order valence-corrected chi connectivity index (χ2v) is 5.03. The van der Waals surface area contributed by atoms with Crippen LogP contribution in [0.1, 0.15) is 33.6 Å². The van der Waals surface area contributed by atoms with Crippen LogP contribution >= 0.6 is 15.9 Å². The van der Waals surface area contributed by atoms with Crippen molar-refractivity contribution in [2.75, 3.05) is 6.61 Å². The Kier molecular flexibility index (Phi) is 9.83. The summed E-state index contributed by atoms with van der Waals surface area (Å²) in [5.74, 6) is 0.334. The number of carbonyl (C=O) groups excluding carboxylic acids is 1. The van der Waals surface area contributed by atoms with Gasteiger partial charge in [-0.15, -0.1) is 0 Å². The molecule has 0 saturated carbocycles. The smallest absolute Gasteiger partial charge is 0.306 e. The topological polar surface area (TPSA) is 26.3 Å². The van der Waals surface area contributed by atoms with Crippen LogP contribution in [0.25, 0.3) is 0 Å². The van der Waals surface area contributed by atoms with Crippen molar-refractivity contribution >= 4 is 21.9 Å². The zero-order valence-corrected chi connectivity index (χ0v) is 12.4. The summed E-state index contributed by atoms with van der Waals surface area (Å²) in [6.07, 6.45) is 1.45. The van der Waals surface area contributed by atoms with Gasteiger partial charge in [-0.05, 0) is 24.5 Å². The quantitative estimate of drug-likeness (QED) is 0.769. The summed E-state index contributed by atoms with van der Waals surface area (Å²) in [4.78, 5) is 10.8. The maximum Gasteiger partial charge on any atom is 0.306 e. The minimum atomic E-state index is -0.0724. The first-order chi connectivity index (χ1) is 8.06. The summed E-state index contributed by atoms with van der Waals surface area (Å²) in [5.41, 5.74) is 0. The van der Waals surface area contributed by atoms with Gasteiger partial charge in [0.2, 0.25) is 0 Å². The predicted octanol–water partition coefficient (Wildman–Crippen LogP) is 4.43. The van der Waals surface area contributed by atoms with Gasteiger partial charge >= 0.3 is 5.97 Å². The fourth-order valence-electron chi connectivity index (χ4n) is 1.02. The van der Waals surface area contributed by atoms with Crippen molar-refractivity contribution in [3.8, 4) is 0 Å².